The average Bonchev–Trinajstić information content (AvgIpc) is 2.99. The third-order valence-electron chi connectivity index (χ3n) is 9.10. The summed E-state index contributed by atoms with van der Waals surface area (Å²) in [7, 11) is 0. The Morgan fingerprint density at radius 1 is 0.891 bits per heavy atom. The summed E-state index contributed by atoms with van der Waals surface area (Å²) in [6.45, 7) is 12.3. The number of unbranched alkanes of at least 4 members (excludes halogenated alkanes) is 10. The van der Waals surface area contributed by atoms with Gasteiger partial charge in [0.05, 0.1) is 19.1 Å². The number of amides is 3. The maximum atomic E-state index is 12.8. The molecule has 3 amide bonds. The van der Waals surface area contributed by atoms with Crippen LogP contribution < -0.4 is 16.0 Å². The van der Waals surface area contributed by atoms with Gasteiger partial charge in [-0.1, -0.05) is 90.7 Å². The van der Waals surface area contributed by atoms with Crippen LogP contribution in [0.5, 0.6) is 0 Å². The zero-order valence-electron chi connectivity index (χ0n) is 30.1. The molecule has 1 saturated carbocycles. The van der Waals surface area contributed by atoms with Crippen LogP contribution in [0.3, 0.4) is 0 Å². The summed E-state index contributed by atoms with van der Waals surface area (Å²) in [6.07, 6.45) is 23.3. The molecule has 46 heavy (non-hydrogen) atoms. The molecule has 2 aliphatic rings. The molecule has 1 heterocycles. The Kier molecular flexibility index (Phi) is 18.9. The standard InChI is InChI=1S/C37H67N3O6/c1-7-8-9-10-11-12-13-14-15-16-17-18-19-20-23-29(2)39-35(43)40-30-24-21-22-25-31(30)45-32(41)26-27-38-34(42)33-36(3,4)28-44-37(5,6)46-33/h14-15,29-31,33H,7-13,16-28H2,1-6H3,(H,38,42)(H2,39,40,43)/t29?,30-,31-,33?/m0/s1. The van der Waals surface area contributed by atoms with Gasteiger partial charge in [0.2, 0.25) is 5.91 Å². The molecule has 1 saturated heterocycles. The molecule has 266 valence electrons. The van der Waals surface area contributed by atoms with Crippen LogP contribution in [0, 0.1) is 5.41 Å². The van der Waals surface area contributed by atoms with Gasteiger partial charge in [-0.2, -0.15) is 0 Å². The number of urea groups is 1. The van der Waals surface area contributed by atoms with Gasteiger partial charge in [-0.05, 0) is 72.1 Å². The summed E-state index contributed by atoms with van der Waals surface area (Å²) >= 11 is 0. The smallest absolute Gasteiger partial charge is 0.315 e. The van der Waals surface area contributed by atoms with Crippen molar-refractivity contribution in [2.75, 3.05) is 13.2 Å². The van der Waals surface area contributed by atoms with Crippen molar-refractivity contribution in [3.8, 4) is 0 Å². The van der Waals surface area contributed by atoms with Crippen LogP contribution in [0.25, 0.3) is 0 Å². The van der Waals surface area contributed by atoms with Crippen molar-refractivity contribution < 1.29 is 28.6 Å². The zero-order valence-corrected chi connectivity index (χ0v) is 30.1. The van der Waals surface area contributed by atoms with Gasteiger partial charge in [0.25, 0.3) is 0 Å². The fraction of sp³-hybridized carbons (Fsp3) is 0.865. The summed E-state index contributed by atoms with van der Waals surface area (Å²) in [6, 6.07) is -0.335. The number of hydrogen-bond donors (Lipinski definition) is 3. The van der Waals surface area contributed by atoms with Gasteiger partial charge < -0.3 is 30.2 Å². The molecule has 1 aliphatic carbocycles. The molecular weight excluding hydrogens is 582 g/mol. The van der Waals surface area contributed by atoms with Gasteiger partial charge >= 0.3 is 12.0 Å². The van der Waals surface area contributed by atoms with E-state index in [1.165, 1.54) is 64.2 Å². The van der Waals surface area contributed by atoms with Gasteiger partial charge in [-0.3, -0.25) is 9.59 Å². The highest BCUT2D eigenvalue weighted by Gasteiger charge is 2.45. The molecule has 0 aromatic heterocycles. The van der Waals surface area contributed by atoms with Crippen LogP contribution in [0.1, 0.15) is 157 Å². The molecule has 0 bridgehead atoms. The molecule has 0 spiro atoms. The Bertz CT molecular complexity index is 921. The summed E-state index contributed by atoms with van der Waals surface area (Å²) in [5, 5.41) is 8.95. The molecule has 0 radical (unpaired) electrons. The molecule has 2 fully saturated rings. The molecule has 9 heteroatoms. The topological polar surface area (TPSA) is 115 Å². The lowest BCUT2D eigenvalue weighted by molar-refractivity contribution is -0.304. The molecular formula is C37H67N3O6. The zero-order chi connectivity index (χ0) is 33.8. The van der Waals surface area contributed by atoms with E-state index in [4.69, 9.17) is 14.2 Å². The van der Waals surface area contributed by atoms with Crippen LogP contribution in [0.4, 0.5) is 4.79 Å². The minimum absolute atomic E-state index is 0.0563. The highest BCUT2D eigenvalue weighted by molar-refractivity contribution is 5.82. The molecule has 3 N–H and O–H groups in total. The second-order valence-electron chi connectivity index (χ2n) is 14.7. The number of carbonyl (C=O) groups excluding carboxylic acids is 3. The van der Waals surface area contributed by atoms with Crippen molar-refractivity contribution >= 4 is 17.9 Å². The lowest BCUT2D eigenvalue weighted by atomic mass is 9.85. The number of allylic oxidation sites excluding steroid dienone is 2. The van der Waals surface area contributed by atoms with E-state index in [-0.39, 0.29) is 49.1 Å². The Morgan fingerprint density at radius 3 is 2.22 bits per heavy atom. The van der Waals surface area contributed by atoms with Gasteiger partial charge in [-0.15, -0.1) is 0 Å². The Labute approximate surface area is 280 Å². The van der Waals surface area contributed by atoms with Crippen molar-refractivity contribution in [3.63, 3.8) is 0 Å². The van der Waals surface area contributed by atoms with E-state index in [1.54, 1.807) is 13.8 Å². The number of hydrogen-bond acceptors (Lipinski definition) is 6. The average molecular weight is 650 g/mol. The first-order chi connectivity index (χ1) is 21.9. The van der Waals surface area contributed by atoms with E-state index in [1.807, 2.05) is 20.8 Å². The third kappa shape index (κ3) is 16.6. The van der Waals surface area contributed by atoms with Crippen molar-refractivity contribution in [1.82, 2.24) is 16.0 Å². The van der Waals surface area contributed by atoms with Crippen molar-refractivity contribution in [1.29, 1.82) is 0 Å². The minimum atomic E-state index is -0.840. The van der Waals surface area contributed by atoms with Crippen LogP contribution in [0.2, 0.25) is 0 Å². The Morgan fingerprint density at radius 2 is 1.52 bits per heavy atom. The third-order valence-corrected chi connectivity index (χ3v) is 9.10. The maximum absolute atomic E-state index is 12.8. The number of nitrogens with one attached hydrogen (secondary N) is 3. The highest BCUT2D eigenvalue weighted by atomic mass is 16.7. The van der Waals surface area contributed by atoms with Gasteiger partial charge in [0, 0.05) is 18.0 Å². The number of ether oxygens (including phenoxy) is 3. The van der Waals surface area contributed by atoms with E-state index < -0.39 is 17.3 Å². The van der Waals surface area contributed by atoms with Crippen molar-refractivity contribution in [2.45, 2.75) is 187 Å². The van der Waals surface area contributed by atoms with Gasteiger partial charge in [0.1, 0.15) is 12.2 Å². The second-order valence-corrected chi connectivity index (χ2v) is 14.7. The predicted octanol–water partition coefficient (Wildman–Crippen LogP) is 7.86. The SMILES string of the molecule is CCCCCCCCC=CCCCCCCC(C)NC(=O)N[C@H]1CCCC[C@@H]1OC(=O)CCNC(=O)C1OC(C)(C)OCC1(C)C. The normalized spacial score (nSPS) is 23.0. The van der Waals surface area contributed by atoms with E-state index in [0.717, 1.165) is 38.5 Å². The Balaban J connectivity index is 1.58. The largest absolute Gasteiger partial charge is 0.460 e. The van der Waals surface area contributed by atoms with E-state index in [0.29, 0.717) is 13.0 Å². The fourth-order valence-electron chi connectivity index (χ4n) is 6.18. The van der Waals surface area contributed by atoms with Crippen LogP contribution in [-0.2, 0) is 23.8 Å². The number of esters is 1. The molecule has 0 aromatic carbocycles. The molecule has 2 unspecified atom stereocenters. The predicted molar refractivity (Wildman–Crippen MR) is 184 cm³/mol. The van der Waals surface area contributed by atoms with Crippen LogP contribution in [-0.4, -0.2) is 61.1 Å². The fourth-order valence-corrected chi connectivity index (χ4v) is 6.18. The quantitative estimate of drug-likeness (QED) is 0.0663. The van der Waals surface area contributed by atoms with E-state index in [9.17, 15) is 14.4 Å². The molecule has 2 rings (SSSR count). The van der Waals surface area contributed by atoms with Gasteiger partial charge in [0.15, 0.2) is 5.79 Å². The van der Waals surface area contributed by atoms with Crippen LogP contribution >= 0.6 is 0 Å². The molecule has 0 aromatic rings. The summed E-state index contributed by atoms with van der Waals surface area (Å²) in [4.78, 5) is 38.3. The molecule has 4 atom stereocenters. The Hall–Kier alpha value is -2.13. The minimum Gasteiger partial charge on any atom is -0.460 e. The summed E-state index contributed by atoms with van der Waals surface area (Å²) < 4.78 is 17.3. The first-order valence-corrected chi connectivity index (χ1v) is 18.4. The van der Waals surface area contributed by atoms with E-state index >= 15 is 0 Å². The number of carbonyl (C=O) groups is 3. The van der Waals surface area contributed by atoms with Crippen molar-refractivity contribution in [2.24, 2.45) is 5.41 Å². The second kappa shape index (κ2) is 21.7. The highest BCUT2D eigenvalue weighted by Crippen LogP contribution is 2.34. The van der Waals surface area contributed by atoms with E-state index in [2.05, 4.69) is 35.0 Å². The summed E-state index contributed by atoms with van der Waals surface area (Å²) in [5.41, 5.74) is -0.483. The first kappa shape index (κ1) is 40.0. The van der Waals surface area contributed by atoms with Crippen LogP contribution in [0.15, 0.2) is 12.2 Å². The number of rotatable bonds is 21. The first-order valence-electron chi connectivity index (χ1n) is 18.4. The lowest BCUT2D eigenvalue weighted by Gasteiger charge is -2.44. The lowest BCUT2D eigenvalue weighted by Crippen LogP contribution is -2.56. The molecule has 9 nitrogen and oxygen atoms in total. The summed E-state index contributed by atoms with van der Waals surface area (Å²) in [5.74, 6) is -1.48. The maximum Gasteiger partial charge on any atom is 0.315 e. The monoisotopic (exact) mass is 650 g/mol. The van der Waals surface area contributed by atoms with Crippen molar-refractivity contribution in [3.05, 3.63) is 12.2 Å². The molecule has 1 aliphatic heterocycles. The van der Waals surface area contributed by atoms with Gasteiger partial charge in [-0.25, -0.2) is 4.79 Å².